The van der Waals surface area contributed by atoms with E-state index >= 15 is 0 Å². The third-order valence-electron chi connectivity index (χ3n) is 3.78. The Hall–Kier alpha value is -1.80. The SMILES string of the molecule is COc1cc(C(=O)OCC(=O)N2C[C@H](C)O[C@@H](C)C2)cc(OC)c1Br. The van der Waals surface area contributed by atoms with Gasteiger partial charge in [0.05, 0.1) is 32.0 Å². The van der Waals surface area contributed by atoms with Crippen LogP contribution < -0.4 is 9.47 Å². The van der Waals surface area contributed by atoms with Gasteiger partial charge in [-0.15, -0.1) is 0 Å². The highest BCUT2D eigenvalue weighted by atomic mass is 79.9. The summed E-state index contributed by atoms with van der Waals surface area (Å²) < 4.78 is 21.7. The van der Waals surface area contributed by atoms with Gasteiger partial charge in [0, 0.05) is 13.1 Å². The van der Waals surface area contributed by atoms with Crippen LogP contribution in [-0.4, -0.2) is 62.9 Å². The number of esters is 1. The minimum absolute atomic E-state index is 0.0385. The van der Waals surface area contributed by atoms with Crippen molar-refractivity contribution in [1.29, 1.82) is 0 Å². The van der Waals surface area contributed by atoms with E-state index in [4.69, 9.17) is 18.9 Å². The minimum Gasteiger partial charge on any atom is -0.495 e. The molecular weight excluding hydrogens is 394 g/mol. The molecule has 8 heteroatoms. The number of carbonyl (C=O) groups is 2. The van der Waals surface area contributed by atoms with Gasteiger partial charge in [-0.2, -0.15) is 0 Å². The Morgan fingerprint density at radius 1 is 1.16 bits per heavy atom. The first-order chi connectivity index (χ1) is 11.8. The van der Waals surface area contributed by atoms with E-state index in [9.17, 15) is 9.59 Å². The van der Waals surface area contributed by atoms with E-state index in [0.717, 1.165) is 0 Å². The average molecular weight is 416 g/mol. The van der Waals surface area contributed by atoms with E-state index in [1.54, 1.807) is 4.90 Å². The molecule has 1 heterocycles. The zero-order valence-electron chi connectivity index (χ0n) is 14.7. The van der Waals surface area contributed by atoms with Crippen molar-refractivity contribution < 1.29 is 28.5 Å². The predicted octanol–water partition coefficient (Wildman–Crippen LogP) is 2.26. The Morgan fingerprint density at radius 2 is 1.68 bits per heavy atom. The van der Waals surface area contributed by atoms with Crippen molar-refractivity contribution in [1.82, 2.24) is 4.90 Å². The fraction of sp³-hybridized carbons (Fsp3) is 0.529. The van der Waals surface area contributed by atoms with Gasteiger partial charge >= 0.3 is 5.97 Å². The van der Waals surface area contributed by atoms with Gasteiger partial charge in [-0.3, -0.25) is 4.79 Å². The number of nitrogens with zero attached hydrogens (tertiary/aromatic N) is 1. The lowest BCUT2D eigenvalue weighted by Gasteiger charge is -2.35. The minimum atomic E-state index is -0.619. The number of hydrogen-bond donors (Lipinski definition) is 0. The third-order valence-corrected chi connectivity index (χ3v) is 4.56. The fourth-order valence-electron chi connectivity index (χ4n) is 2.67. The molecular formula is C17H22BrNO6. The molecule has 1 aromatic rings. The van der Waals surface area contributed by atoms with E-state index in [0.29, 0.717) is 29.1 Å². The van der Waals surface area contributed by atoms with Gasteiger partial charge in [0.2, 0.25) is 0 Å². The van der Waals surface area contributed by atoms with E-state index < -0.39 is 5.97 Å². The highest BCUT2D eigenvalue weighted by molar-refractivity contribution is 9.10. The van der Waals surface area contributed by atoms with Crippen LogP contribution in [0.5, 0.6) is 11.5 Å². The van der Waals surface area contributed by atoms with E-state index in [1.807, 2.05) is 13.8 Å². The van der Waals surface area contributed by atoms with Crippen LogP contribution in [0.3, 0.4) is 0 Å². The highest BCUT2D eigenvalue weighted by Crippen LogP contribution is 2.35. The topological polar surface area (TPSA) is 74.3 Å². The second-order valence-corrected chi connectivity index (χ2v) is 6.62. The second-order valence-electron chi connectivity index (χ2n) is 5.83. The molecule has 1 aliphatic heterocycles. The smallest absolute Gasteiger partial charge is 0.338 e. The molecule has 7 nitrogen and oxygen atoms in total. The van der Waals surface area contributed by atoms with E-state index in [2.05, 4.69) is 15.9 Å². The first kappa shape index (κ1) is 19.5. The summed E-state index contributed by atoms with van der Waals surface area (Å²) in [5, 5.41) is 0. The second kappa shape index (κ2) is 8.53. The van der Waals surface area contributed by atoms with Crippen LogP contribution in [0, 0.1) is 0 Å². The van der Waals surface area contributed by atoms with Crippen LogP contribution in [0.15, 0.2) is 16.6 Å². The average Bonchev–Trinajstić information content (AvgIpc) is 2.58. The van der Waals surface area contributed by atoms with E-state index in [-0.39, 0.29) is 30.3 Å². The molecule has 1 aliphatic rings. The Balaban J connectivity index is 2.01. The summed E-state index contributed by atoms with van der Waals surface area (Å²) in [7, 11) is 2.97. The number of benzene rings is 1. The number of methoxy groups -OCH3 is 2. The molecule has 2 atom stereocenters. The Kier molecular flexibility index (Phi) is 6.66. The van der Waals surface area contributed by atoms with Gasteiger partial charge in [-0.1, -0.05) is 0 Å². The number of halogens is 1. The van der Waals surface area contributed by atoms with Crippen LogP contribution in [0.4, 0.5) is 0 Å². The fourth-order valence-corrected chi connectivity index (χ4v) is 3.22. The van der Waals surface area contributed by atoms with Crippen molar-refractivity contribution in [2.75, 3.05) is 33.9 Å². The maximum atomic E-state index is 12.3. The number of morpholine rings is 1. The Bertz CT molecular complexity index is 615. The monoisotopic (exact) mass is 415 g/mol. The number of amides is 1. The normalized spacial score (nSPS) is 20.1. The quantitative estimate of drug-likeness (QED) is 0.686. The summed E-state index contributed by atoms with van der Waals surface area (Å²) in [5.74, 6) is 0.0140. The lowest BCUT2D eigenvalue weighted by Crippen LogP contribution is -2.49. The lowest BCUT2D eigenvalue weighted by molar-refractivity contribution is -0.146. The molecule has 0 spiro atoms. The van der Waals surface area contributed by atoms with E-state index in [1.165, 1.54) is 26.4 Å². The number of hydrogen-bond acceptors (Lipinski definition) is 6. The highest BCUT2D eigenvalue weighted by Gasteiger charge is 2.26. The Morgan fingerprint density at radius 3 is 2.16 bits per heavy atom. The zero-order valence-corrected chi connectivity index (χ0v) is 16.3. The van der Waals surface area contributed by atoms with Gasteiger partial charge in [0.15, 0.2) is 6.61 Å². The van der Waals surface area contributed by atoms with Crippen molar-refractivity contribution >= 4 is 27.8 Å². The van der Waals surface area contributed by atoms with Gasteiger partial charge in [-0.05, 0) is 41.9 Å². The largest absolute Gasteiger partial charge is 0.495 e. The van der Waals surface area contributed by atoms with Crippen molar-refractivity contribution in [2.45, 2.75) is 26.1 Å². The standard InChI is InChI=1S/C17H22BrNO6/c1-10-7-19(8-11(2)25-10)15(20)9-24-17(21)12-5-13(22-3)16(18)14(6-12)23-4/h5-6,10-11H,7-9H2,1-4H3/t10-,11-/m0/s1. The first-order valence-corrected chi connectivity index (χ1v) is 8.66. The molecule has 1 aromatic carbocycles. The molecule has 2 rings (SSSR count). The van der Waals surface area contributed by atoms with Crippen LogP contribution >= 0.6 is 15.9 Å². The molecule has 1 saturated heterocycles. The molecule has 0 aliphatic carbocycles. The number of rotatable bonds is 5. The van der Waals surface area contributed by atoms with Gasteiger partial charge in [0.1, 0.15) is 16.0 Å². The molecule has 1 fully saturated rings. The summed E-state index contributed by atoms with van der Waals surface area (Å²) >= 11 is 3.34. The predicted molar refractivity (Wildman–Crippen MR) is 94.1 cm³/mol. The maximum absolute atomic E-state index is 12.3. The molecule has 0 aromatic heterocycles. The number of ether oxygens (including phenoxy) is 4. The maximum Gasteiger partial charge on any atom is 0.338 e. The molecule has 0 N–H and O–H groups in total. The third kappa shape index (κ3) is 4.85. The van der Waals surface area contributed by atoms with Crippen LogP contribution in [-0.2, 0) is 14.3 Å². The first-order valence-electron chi connectivity index (χ1n) is 7.87. The molecule has 0 bridgehead atoms. The molecule has 138 valence electrons. The van der Waals surface area contributed by atoms with Crippen LogP contribution in [0.1, 0.15) is 24.2 Å². The molecule has 1 amide bonds. The van der Waals surface area contributed by atoms with Gasteiger partial charge < -0.3 is 23.8 Å². The molecule has 0 saturated carbocycles. The molecule has 25 heavy (non-hydrogen) atoms. The zero-order chi connectivity index (χ0) is 18.6. The summed E-state index contributed by atoms with van der Waals surface area (Å²) in [6.45, 7) is 4.46. The van der Waals surface area contributed by atoms with Gasteiger partial charge in [0.25, 0.3) is 5.91 Å². The molecule has 0 radical (unpaired) electrons. The van der Waals surface area contributed by atoms with Crippen LogP contribution in [0.25, 0.3) is 0 Å². The van der Waals surface area contributed by atoms with Crippen molar-refractivity contribution in [2.24, 2.45) is 0 Å². The van der Waals surface area contributed by atoms with Crippen LogP contribution in [0.2, 0.25) is 0 Å². The Labute approximate surface area is 155 Å². The molecule has 0 unspecified atom stereocenters. The summed E-state index contributed by atoms with van der Waals surface area (Å²) in [4.78, 5) is 26.2. The van der Waals surface area contributed by atoms with Gasteiger partial charge in [-0.25, -0.2) is 4.79 Å². The lowest BCUT2D eigenvalue weighted by atomic mass is 10.2. The summed E-state index contributed by atoms with van der Waals surface area (Å²) in [6, 6.07) is 3.05. The summed E-state index contributed by atoms with van der Waals surface area (Å²) in [5.41, 5.74) is 0.244. The van der Waals surface area contributed by atoms with Crippen molar-refractivity contribution in [3.8, 4) is 11.5 Å². The van der Waals surface area contributed by atoms with Crippen molar-refractivity contribution in [3.05, 3.63) is 22.2 Å². The van der Waals surface area contributed by atoms with Crippen molar-refractivity contribution in [3.63, 3.8) is 0 Å². The number of carbonyl (C=O) groups excluding carboxylic acids is 2. The summed E-state index contributed by atoms with van der Waals surface area (Å²) in [6.07, 6.45) is -0.0770.